The average Bonchev–Trinajstić information content (AvgIpc) is 2.65. The fraction of sp³-hybridized carbons (Fsp3) is 0.600. The van der Waals surface area contributed by atoms with Crippen molar-refractivity contribution in [3.63, 3.8) is 0 Å². The Morgan fingerprint density at radius 1 is 1.14 bits per heavy atom. The number of nitrogens with zero attached hydrogens (tertiary/aromatic N) is 2. The van der Waals surface area contributed by atoms with E-state index in [-0.39, 0.29) is 24.8 Å². The van der Waals surface area contributed by atoms with Crippen LogP contribution >= 0.6 is 0 Å². The second-order valence-electron chi connectivity index (χ2n) is 7.95. The summed E-state index contributed by atoms with van der Waals surface area (Å²) in [5.41, 5.74) is 0.0445. The molecule has 0 aromatic carbocycles. The molecule has 2 N–H and O–H groups in total. The summed E-state index contributed by atoms with van der Waals surface area (Å²) < 4.78 is 5.14. The topological polar surface area (TPSA) is 101 Å². The van der Waals surface area contributed by atoms with Crippen molar-refractivity contribution in [3.05, 3.63) is 30.1 Å². The predicted octanol–water partition coefficient (Wildman–Crippen LogP) is 1.96. The smallest absolute Gasteiger partial charge is 0.407 e. The van der Waals surface area contributed by atoms with Gasteiger partial charge in [0.1, 0.15) is 5.60 Å². The van der Waals surface area contributed by atoms with E-state index < -0.39 is 11.7 Å². The monoisotopic (exact) mass is 390 g/mol. The predicted molar refractivity (Wildman–Crippen MR) is 105 cm³/mol. The molecule has 0 unspecified atom stereocenters. The number of pyridine rings is 1. The number of alkyl carbamates (subject to hydrolysis) is 1. The number of carbonyl (C=O) groups excluding carboxylic acids is 3. The van der Waals surface area contributed by atoms with Crippen LogP contribution in [0, 0.1) is 5.92 Å². The summed E-state index contributed by atoms with van der Waals surface area (Å²) in [7, 11) is 0. The van der Waals surface area contributed by atoms with E-state index in [4.69, 9.17) is 4.74 Å². The first-order valence-electron chi connectivity index (χ1n) is 9.67. The van der Waals surface area contributed by atoms with Gasteiger partial charge in [0.25, 0.3) is 5.91 Å². The number of nitrogens with one attached hydrogen (secondary N) is 2. The van der Waals surface area contributed by atoms with Crippen molar-refractivity contribution in [1.29, 1.82) is 0 Å². The average molecular weight is 390 g/mol. The molecule has 1 aliphatic rings. The minimum Gasteiger partial charge on any atom is -0.444 e. The molecular weight excluding hydrogens is 360 g/mol. The first-order chi connectivity index (χ1) is 13.2. The molecule has 154 valence electrons. The van der Waals surface area contributed by atoms with E-state index in [1.54, 1.807) is 45.3 Å². The Bertz CT molecular complexity index is 665. The molecule has 0 atom stereocenters. The molecule has 0 aliphatic carbocycles. The molecule has 1 fully saturated rings. The van der Waals surface area contributed by atoms with Crippen molar-refractivity contribution in [2.45, 2.75) is 45.6 Å². The number of rotatable bonds is 6. The summed E-state index contributed by atoms with van der Waals surface area (Å²) in [5.74, 6) is 0.277. The van der Waals surface area contributed by atoms with Crippen LogP contribution in [0.25, 0.3) is 0 Å². The second kappa shape index (κ2) is 10.1. The fourth-order valence-corrected chi connectivity index (χ4v) is 2.97. The van der Waals surface area contributed by atoms with Gasteiger partial charge in [0.05, 0.1) is 0 Å². The molecule has 0 spiro atoms. The van der Waals surface area contributed by atoms with Crippen LogP contribution in [0.1, 0.15) is 50.4 Å². The van der Waals surface area contributed by atoms with Gasteiger partial charge in [-0.15, -0.1) is 0 Å². The lowest BCUT2D eigenvalue weighted by atomic mass is 9.96. The van der Waals surface area contributed by atoms with Gasteiger partial charge in [-0.25, -0.2) is 4.79 Å². The van der Waals surface area contributed by atoms with Crippen LogP contribution in [0.2, 0.25) is 0 Å². The maximum atomic E-state index is 12.3. The van der Waals surface area contributed by atoms with Gasteiger partial charge in [-0.2, -0.15) is 0 Å². The van der Waals surface area contributed by atoms with E-state index in [0.717, 1.165) is 12.8 Å². The largest absolute Gasteiger partial charge is 0.444 e. The number of hydrogen-bond donors (Lipinski definition) is 2. The number of amides is 3. The summed E-state index contributed by atoms with van der Waals surface area (Å²) in [4.78, 5) is 41.7. The van der Waals surface area contributed by atoms with Gasteiger partial charge in [-0.05, 0) is 51.7 Å². The minimum absolute atomic E-state index is 0.0235. The standard InChI is InChI=1S/C20H30N4O4/c1-20(2,3)28-19(27)22-11-6-17(25)24-12-7-15(8-13-24)14-23-18(26)16-4-9-21-10-5-16/h4-5,9-10,15H,6-8,11-14H2,1-3H3,(H,22,27)(H,23,26). The summed E-state index contributed by atoms with van der Waals surface area (Å²) >= 11 is 0. The Morgan fingerprint density at radius 2 is 1.79 bits per heavy atom. The van der Waals surface area contributed by atoms with E-state index in [2.05, 4.69) is 15.6 Å². The molecule has 8 heteroatoms. The highest BCUT2D eigenvalue weighted by Crippen LogP contribution is 2.17. The quantitative estimate of drug-likeness (QED) is 0.773. The molecule has 3 amide bonds. The van der Waals surface area contributed by atoms with E-state index in [0.29, 0.717) is 31.1 Å². The highest BCUT2D eigenvalue weighted by atomic mass is 16.6. The second-order valence-corrected chi connectivity index (χ2v) is 7.95. The molecule has 1 aliphatic heterocycles. The molecule has 1 aromatic heterocycles. The van der Waals surface area contributed by atoms with Gasteiger partial charge >= 0.3 is 6.09 Å². The van der Waals surface area contributed by atoms with Crippen LogP contribution in [-0.4, -0.2) is 59.6 Å². The zero-order chi connectivity index (χ0) is 20.6. The molecule has 1 saturated heterocycles. The van der Waals surface area contributed by atoms with E-state index in [1.165, 1.54) is 0 Å². The number of piperidine rings is 1. The SMILES string of the molecule is CC(C)(C)OC(=O)NCCC(=O)N1CCC(CNC(=O)c2ccncc2)CC1. The first kappa shape index (κ1) is 21.7. The maximum Gasteiger partial charge on any atom is 0.407 e. The summed E-state index contributed by atoms with van der Waals surface area (Å²) in [6, 6.07) is 3.36. The number of likely N-dealkylation sites (tertiary alicyclic amines) is 1. The van der Waals surface area contributed by atoms with Gasteiger partial charge in [-0.3, -0.25) is 14.6 Å². The Kier molecular flexibility index (Phi) is 7.78. The number of aromatic nitrogens is 1. The van der Waals surface area contributed by atoms with Crippen molar-refractivity contribution in [1.82, 2.24) is 20.5 Å². The lowest BCUT2D eigenvalue weighted by Crippen LogP contribution is -2.42. The number of ether oxygens (including phenoxy) is 1. The van der Waals surface area contributed by atoms with Gasteiger partial charge < -0.3 is 20.3 Å². The Labute approximate surface area is 166 Å². The molecule has 2 rings (SSSR count). The Balaban J connectivity index is 1.62. The van der Waals surface area contributed by atoms with Crippen molar-refractivity contribution in [3.8, 4) is 0 Å². The van der Waals surface area contributed by atoms with Crippen LogP contribution in [0.3, 0.4) is 0 Å². The van der Waals surface area contributed by atoms with E-state index >= 15 is 0 Å². The zero-order valence-corrected chi connectivity index (χ0v) is 16.9. The first-order valence-corrected chi connectivity index (χ1v) is 9.67. The molecule has 1 aromatic rings. The molecule has 0 bridgehead atoms. The van der Waals surface area contributed by atoms with Crippen molar-refractivity contribution >= 4 is 17.9 Å². The molecule has 28 heavy (non-hydrogen) atoms. The molecule has 2 heterocycles. The fourth-order valence-electron chi connectivity index (χ4n) is 2.97. The van der Waals surface area contributed by atoms with Crippen LogP contribution < -0.4 is 10.6 Å². The van der Waals surface area contributed by atoms with E-state index in [1.807, 2.05) is 4.90 Å². The maximum absolute atomic E-state index is 12.3. The summed E-state index contributed by atoms with van der Waals surface area (Å²) in [6.45, 7) is 7.57. The molecule has 0 radical (unpaired) electrons. The van der Waals surface area contributed by atoms with Gasteiger partial charge in [-0.1, -0.05) is 0 Å². The van der Waals surface area contributed by atoms with Gasteiger partial charge in [0, 0.05) is 50.6 Å². The molecular formula is C20H30N4O4. The van der Waals surface area contributed by atoms with Crippen molar-refractivity contribution in [2.75, 3.05) is 26.2 Å². The Morgan fingerprint density at radius 3 is 2.39 bits per heavy atom. The number of carbonyl (C=O) groups is 3. The Hall–Kier alpha value is -2.64. The normalized spacial score (nSPS) is 15.0. The third kappa shape index (κ3) is 7.54. The van der Waals surface area contributed by atoms with Crippen LogP contribution in [0.4, 0.5) is 4.79 Å². The van der Waals surface area contributed by atoms with Gasteiger partial charge in [0.15, 0.2) is 0 Å². The van der Waals surface area contributed by atoms with Crippen molar-refractivity contribution in [2.24, 2.45) is 5.92 Å². The molecule has 8 nitrogen and oxygen atoms in total. The summed E-state index contributed by atoms with van der Waals surface area (Å²) in [6.07, 6.45) is 4.63. The minimum atomic E-state index is -0.553. The lowest BCUT2D eigenvalue weighted by molar-refractivity contribution is -0.132. The molecule has 0 saturated carbocycles. The highest BCUT2D eigenvalue weighted by molar-refractivity contribution is 5.93. The van der Waals surface area contributed by atoms with Crippen LogP contribution in [-0.2, 0) is 9.53 Å². The van der Waals surface area contributed by atoms with Crippen molar-refractivity contribution < 1.29 is 19.1 Å². The van der Waals surface area contributed by atoms with Crippen LogP contribution in [0.5, 0.6) is 0 Å². The third-order valence-electron chi connectivity index (χ3n) is 4.47. The third-order valence-corrected chi connectivity index (χ3v) is 4.47. The van der Waals surface area contributed by atoms with Gasteiger partial charge in [0.2, 0.25) is 5.91 Å². The zero-order valence-electron chi connectivity index (χ0n) is 16.9. The van der Waals surface area contributed by atoms with E-state index in [9.17, 15) is 14.4 Å². The number of hydrogen-bond acceptors (Lipinski definition) is 5. The lowest BCUT2D eigenvalue weighted by Gasteiger charge is -2.32. The van der Waals surface area contributed by atoms with Crippen LogP contribution in [0.15, 0.2) is 24.5 Å². The summed E-state index contributed by atoms with van der Waals surface area (Å²) in [5, 5.41) is 5.55. The highest BCUT2D eigenvalue weighted by Gasteiger charge is 2.23.